The number of benzene rings is 2. The number of hydrogen-bond donors (Lipinski definition) is 1. The van der Waals surface area contributed by atoms with Crippen molar-refractivity contribution in [2.45, 2.75) is 32.4 Å². The summed E-state index contributed by atoms with van der Waals surface area (Å²) in [5.41, 5.74) is 2.62. The van der Waals surface area contributed by atoms with Crippen molar-refractivity contribution < 1.29 is 4.74 Å². The number of halogens is 1. The zero-order valence-electron chi connectivity index (χ0n) is 12.8. The van der Waals surface area contributed by atoms with E-state index in [0.717, 1.165) is 16.6 Å². The molecule has 2 nitrogen and oxygen atoms in total. The van der Waals surface area contributed by atoms with E-state index >= 15 is 0 Å². The maximum Gasteiger partial charge on any atom is 0.118 e. The summed E-state index contributed by atoms with van der Waals surface area (Å²) < 4.78 is 6.30. The van der Waals surface area contributed by atoms with Crippen molar-refractivity contribution >= 4 is 15.9 Å². The summed E-state index contributed by atoms with van der Waals surface area (Å²) >= 11 is 3.47. The second-order valence-electron chi connectivity index (χ2n) is 5.39. The lowest BCUT2D eigenvalue weighted by Gasteiger charge is -2.20. The van der Waals surface area contributed by atoms with Crippen LogP contribution in [0, 0.1) is 0 Å². The molecule has 0 saturated heterocycles. The average Bonchev–Trinajstić information content (AvgIpc) is 2.48. The smallest absolute Gasteiger partial charge is 0.118 e. The summed E-state index contributed by atoms with van der Waals surface area (Å²) in [5.74, 6) is 0.905. The van der Waals surface area contributed by atoms with Crippen molar-refractivity contribution in [1.82, 2.24) is 5.32 Å². The quantitative estimate of drug-likeness (QED) is 0.814. The van der Waals surface area contributed by atoms with Gasteiger partial charge in [0.1, 0.15) is 5.75 Å². The van der Waals surface area contributed by atoms with Crippen LogP contribution in [0.4, 0.5) is 0 Å². The highest BCUT2D eigenvalue weighted by molar-refractivity contribution is 9.10. The molecule has 0 bridgehead atoms. The Balaban J connectivity index is 1.91. The van der Waals surface area contributed by atoms with E-state index < -0.39 is 0 Å². The fraction of sp³-hybridized carbons (Fsp3) is 0.333. The topological polar surface area (TPSA) is 21.3 Å². The molecule has 0 saturated carbocycles. The molecule has 21 heavy (non-hydrogen) atoms. The first kappa shape index (κ1) is 16.1. The van der Waals surface area contributed by atoms with Gasteiger partial charge in [0, 0.05) is 16.6 Å². The van der Waals surface area contributed by atoms with Crippen LogP contribution >= 0.6 is 15.9 Å². The number of nitrogens with one attached hydrogen (secondary N) is 1. The van der Waals surface area contributed by atoms with E-state index in [2.05, 4.69) is 71.5 Å². The number of ether oxygens (including phenoxy) is 1. The van der Waals surface area contributed by atoms with E-state index in [1.807, 2.05) is 12.1 Å². The Morgan fingerprint density at radius 1 is 1.00 bits per heavy atom. The van der Waals surface area contributed by atoms with E-state index in [4.69, 9.17) is 4.74 Å². The summed E-state index contributed by atoms with van der Waals surface area (Å²) in [6, 6.07) is 17.5. The molecule has 0 amide bonds. The van der Waals surface area contributed by atoms with Gasteiger partial charge in [-0.15, -0.1) is 0 Å². The van der Waals surface area contributed by atoms with Gasteiger partial charge in [-0.25, -0.2) is 0 Å². The monoisotopic (exact) mass is 347 g/mol. The fourth-order valence-electron chi connectivity index (χ4n) is 2.45. The molecule has 0 aliphatic rings. The van der Waals surface area contributed by atoms with E-state index in [0.29, 0.717) is 12.1 Å². The van der Waals surface area contributed by atoms with Crippen LogP contribution in [0.25, 0.3) is 0 Å². The lowest BCUT2D eigenvalue weighted by Crippen LogP contribution is -2.30. The van der Waals surface area contributed by atoms with Gasteiger partial charge < -0.3 is 10.1 Å². The second-order valence-corrected chi connectivity index (χ2v) is 6.31. The van der Waals surface area contributed by atoms with Gasteiger partial charge in [-0.2, -0.15) is 0 Å². The van der Waals surface area contributed by atoms with Crippen LogP contribution < -0.4 is 10.1 Å². The molecule has 2 aromatic carbocycles. The summed E-state index contributed by atoms with van der Waals surface area (Å²) in [6.07, 6.45) is 1.00. The first-order valence-corrected chi connectivity index (χ1v) is 8.02. The maximum absolute atomic E-state index is 5.19. The van der Waals surface area contributed by atoms with E-state index in [-0.39, 0.29) is 0 Å². The summed E-state index contributed by atoms with van der Waals surface area (Å²) in [7, 11) is 1.69. The predicted molar refractivity (Wildman–Crippen MR) is 91.9 cm³/mol. The molecule has 0 fully saturated rings. The Morgan fingerprint density at radius 3 is 2.19 bits per heavy atom. The number of methoxy groups -OCH3 is 1. The highest BCUT2D eigenvalue weighted by Gasteiger charge is 2.10. The van der Waals surface area contributed by atoms with Crippen molar-refractivity contribution in [2.24, 2.45) is 0 Å². The Bertz CT molecular complexity index is 550. The minimum atomic E-state index is 0.339. The van der Waals surface area contributed by atoms with E-state index in [1.54, 1.807) is 7.11 Å². The summed E-state index contributed by atoms with van der Waals surface area (Å²) in [5, 5.41) is 3.65. The van der Waals surface area contributed by atoms with Crippen LogP contribution in [0.1, 0.15) is 31.0 Å². The molecule has 0 spiro atoms. The zero-order valence-corrected chi connectivity index (χ0v) is 14.4. The molecular weight excluding hydrogens is 326 g/mol. The largest absolute Gasteiger partial charge is 0.497 e. The molecule has 0 radical (unpaired) electrons. The van der Waals surface area contributed by atoms with Crippen LogP contribution in [0.15, 0.2) is 53.0 Å². The normalized spacial score (nSPS) is 13.7. The van der Waals surface area contributed by atoms with Crippen molar-refractivity contribution in [2.75, 3.05) is 7.11 Å². The van der Waals surface area contributed by atoms with Crippen molar-refractivity contribution in [3.05, 3.63) is 64.1 Å². The van der Waals surface area contributed by atoms with E-state index in [9.17, 15) is 0 Å². The molecule has 2 rings (SSSR count). The molecular formula is C18H22BrNO. The number of hydrogen-bond acceptors (Lipinski definition) is 2. The second kappa shape index (κ2) is 7.62. The third-order valence-electron chi connectivity index (χ3n) is 3.61. The Hall–Kier alpha value is -1.32. The van der Waals surface area contributed by atoms with Crippen molar-refractivity contribution in [3.8, 4) is 5.75 Å². The van der Waals surface area contributed by atoms with Gasteiger partial charge in [0.15, 0.2) is 0 Å². The van der Waals surface area contributed by atoms with Gasteiger partial charge in [-0.3, -0.25) is 0 Å². The average molecular weight is 348 g/mol. The summed E-state index contributed by atoms with van der Waals surface area (Å²) in [4.78, 5) is 0. The Morgan fingerprint density at radius 2 is 1.62 bits per heavy atom. The molecule has 0 aliphatic carbocycles. The van der Waals surface area contributed by atoms with Crippen molar-refractivity contribution in [1.29, 1.82) is 0 Å². The van der Waals surface area contributed by atoms with Crippen LogP contribution in [-0.2, 0) is 6.42 Å². The van der Waals surface area contributed by atoms with Crippen LogP contribution in [-0.4, -0.2) is 13.2 Å². The third kappa shape index (κ3) is 4.87. The maximum atomic E-state index is 5.19. The molecule has 0 heterocycles. The van der Waals surface area contributed by atoms with E-state index in [1.165, 1.54) is 11.1 Å². The van der Waals surface area contributed by atoms with Gasteiger partial charge in [0.2, 0.25) is 0 Å². The number of rotatable bonds is 6. The van der Waals surface area contributed by atoms with Crippen LogP contribution in [0.2, 0.25) is 0 Å². The fourth-order valence-corrected chi connectivity index (χ4v) is 2.71. The molecule has 2 atom stereocenters. The minimum Gasteiger partial charge on any atom is -0.497 e. The molecule has 1 unspecified atom stereocenters. The van der Waals surface area contributed by atoms with Gasteiger partial charge in [-0.1, -0.05) is 40.2 Å². The predicted octanol–water partition coefficient (Wildman–Crippen LogP) is 4.74. The Kier molecular flexibility index (Phi) is 5.83. The van der Waals surface area contributed by atoms with Crippen LogP contribution in [0.5, 0.6) is 5.75 Å². The van der Waals surface area contributed by atoms with Gasteiger partial charge in [0.05, 0.1) is 7.11 Å². The lowest BCUT2D eigenvalue weighted by atomic mass is 10.0. The van der Waals surface area contributed by atoms with Gasteiger partial charge >= 0.3 is 0 Å². The standard InChI is InChI=1S/C18H22BrNO/c1-13(12-15-4-10-18(21-3)11-5-15)20-14(2)16-6-8-17(19)9-7-16/h4-11,13-14,20H,12H2,1-3H3/t13?,14-/m1/s1. The van der Waals surface area contributed by atoms with Gasteiger partial charge in [0.25, 0.3) is 0 Å². The molecule has 3 heteroatoms. The molecule has 0 aliphatic heterocycles. The van der Waals surface area contributed by atoms with Gasteiger partial charge in [-0.05, 0) is 55.7 Å². The molecule has 0 aromatic heterocycles. The zero-order chi connectivity index (χ0) is 15.2. The molecule has 2 aromatic rings. The third-order valence-corrected chi connectivity index (χ3v) is 4.13. The molecule has 112 valence electrons. The highest BCUT2D eigenvalue weighted by atomic mass is 79.9. The van der Waals surface area contributed by atoms with Crippen molar-refractivity contribution in [3.63, 3.8) is 0 Å². The van der Waals surface area contributed by atoms with Crippen LogP contribution in [0.3, 0.4) is 0 Å². The Labute approximate surface area is 135 Å². The highest BCUT2D eigenvalue weighted by Crippen LogP contribution is 2.18. The SMILES string of the molecule is COc1ccc(CC(C)N[C@H](C)c2ccc(Br)cc2)cc1. The minimum absolute atomic E-state index is 0.339. The first-order chi connectivity index (χ1) is 10.1. The summed E-state index contributed by atoms with van der Waals surface area (Å²) in [6.45, 7) is 4.42. The molecule has 1 N–H and O–H groups in total. The lowest BCUT2D eigenvalue weighted by molar-refractivity contribution is 0.414. The first-order valence-electron chi connectivity index (χ1n) is 7.23.